The van der Waals surface area contributed by atoms with Crippen molar-refractivity contribution in [3.8, 4) is 5.88 Å². The average Bonchev–Trinajstić information content (AvgIpc) is 3.10. The standard InChI is InChI=1S/C19H19F4N5O2/c1-11(2)17(29)26-16-13-9-28(27-14(13)5-6-24-16)8-12-3-4-15(25-7-12)30-10-19(22,23)18(20)21/h3-7,9,11,18H,8,10H2,1-2H3,(H,24,26,29). The number of carbonyl (C=O) groups is 1. The van der Waals surface area contributed by atoms with E-state index in [9.17, 15) is 22.4 Å². The van der Waals surface area contributed by atoms with Crippen LogP contribution in [0.5, 0.6) is 5.88 Å². The van der Waals surface area contributed by atoms with Crippen molar-refractivity contribution in [2.75, 3.05) is 11.9 Å². The van der Waals surface area contributed by atoms with E-state index >= 15 is 0 Å². The van der Waals surface area contributed by atoms with Crippen molar-refractivity contribution in [1.82, 2.24) is 19.7 Å². The Hall–Kier alpha value is -3.24. The van der Waals surface area contributed by atoms with E-state index in [-0.39, 0.29) is 17.7 Å². The first-order valence-corrected chi connectivity index (χ1v) is 9.02. The number of rotatable bonds is 8. The van der Waals surface area contributed by atoms with Crippen LogP contribution >= 0.6 is 0 Å². The summed E-state index contributed by atoms with van der Waals surface area (Å²) in [5.74, 6) is -4.40. The number of hydrogen-bond donors (Lipinski definition) is 1. The number of halogens is 4. The van der Waals surface area contributed by atoms with E-state index in [0.29, 0.717) is 28.8 Å². The molecule has 0 saturated carbocycles. The number of ether oxygens (including phenoxy) is 1. The fourth-order valence-corrected chi connectivity index (χ4v) is 2.45. The maximum Gasteiger partial charge on any atom is 0.340 e. The average molecular weight is 425 g/mol. The Balaban J connectivity index is 1.70. The van der Waals surface area contributed by atoms with Crippen molar-refractivity contribution in [2.45, 2.75) is 32.7 Å². The first kappa shape index (κ1) is 21.5. The molecule has 0 saturated heterocycles. The van der Waals surface area contributed by atoms with Crippen LogP contribution in [0, 0.1) is 5.92 Å². The van der Waals surface area contributed by atoms with E-state index in [1.165, 1.54) is 12.3 Å². The second-order valence-corrected chi connectivity index (χ2v) is 6.92. The van der Waals surface area contributed by atoms with Crippen LogP contribution in [0.3, 0.4) is 0 Å². The third kappa shape index (κ3) is 5.02. The van der Waals surface area contributed by atoms with Crippen LogP contribution < -0.4 is 10.1 Å². The molecule has 7 nitrogen and oxygen atoms in total. The second-order valence-electron chi connectivity index (χ2n) is 6.92. The minimum absolute atomic E-state index is 0.167. The first-order valence-electron chi connectivity index (χ1n) is 9.02. The maximum atomic E-state index is 12.9. The molecule has 0 spiro atoms. The van der Waals surface area contributed by atoms with Gasteiger partial charge in [-0.3, -0.25) is 9.48 Å². The van der Waals surface area contributed by atoms with E-state index < -0.39 is 19.0 Å². The lowest BCUT2D eigenvalue weighted by Gasteiger charge is -2.15. The lowest BCUT2D eigenvalue weighted by Crippen LogP contribution is -2.33. The molecule has 3 aromatic heterocycles. The van der Waals surface area contributed by atoms with E-state index in [2.05, 4.69) is 25.1 Å². The molecular weight excluding hydrogens is 406 g/mol. The van der Waals surface area contributed by atoms with Crippen molar-refractivity contribution in [1.29, 1.82) is 0 Å². The van der Waals surface area contributed by atoms with Crippen molar-refractivity contribution >= 4 is 22.6 Å². The van der Waals surface area contributed by atoms with Gasteiger partial charge in [-0.15, -0.1) is 0 Å². The Morgan fingerprint density at radius 1 is 1.23 bits per heavy atom. The van der Waals surface area contributed by atoms with Crippen molar-refractivity contribution in [3.63, 3.8) is 0 Å². The number of amides is 1. The topological polar surface area (TPSA) is 81.9 Å². The molecule has 1 amide bonds. The first-order chi connectivity index (χ1) is 14.2. The van der Waals surface area contributed by atoms with Crippen LogP contribution in [0.15, 0.2) is 36.8 Å². The molecule has 0 aliphatic carbocycles. The van der Waals surface area contributed by atoms with Crippen molar-refractivity contribution in [3.05, 3.63) is 42.4 Å². The number of hydrogen-bond acceptors (Lipinski definition) is 5. The highest BCUT2D eigenvalue weighted by Crippen LogP contribution is 2.24. The van der Waals surface area contributed by atoms with Crippen LogP contribution in [-0.4, -0.2) is 44.6 Å². The highest BCUT2D eigenvalue weighted by Gasteiger charge is 2.41. The number of nitrogens with one attached hydrogen (secondary N) is 1. The summed E-state index contributed by atoms with van der Waals surface area (Å²) in [6, 6.07) is 4.58. The minimum Gasteiger partial charge on any atom is -0.471 e. The molecule has 11 heteroatoms. The SMILES string of the molecule is CC(C)C(=O)Nc1nccc2nn(Cc3ccc(OCC(F)(F)C(F)F)nc3)cc12. The van der Waals surface area contributed by atoms with Gasteiger partial charge >= 0.3 is 12.3 Å². The van der Waals surface area contributed by atoms with Gasteiger partial charge in [0.2, 0.25) is 11.8 Å². The van der Waals surface area contributed by atoms with Gasteiger partial charge in [-0.1, -0.05) is 19.9 Å². The third-order valence-corrected chi connectivity index (χ3v) is 4.12. The second kappa shape index (κ2) is 8.64. The Bertz CT molecular complexity index is 1020. The van der Waals surface area contributed by atoms with Gasteiger partial charge in [-0.25, -0.2) is 18.7 Å². The number of carbonyl (C=O) groups excluding carboxylic acids is 1. The molecule has 0 atom stereocenters. The lowest BCUT2D eigenvalue weighted by molar-refractivity contribution is -0.148. The fraction of sp³-hybridized carbons (Fsp3) is 0.368. The monoisotopic (exact) mass is 425 g/mol. The molecule has 3 rings (SSSR count). The smallest absolute Gasteiger partial charge is 0.340 e. The van der Waals surface area contributed by atoms with Gasteiger partial charge in [0, 0.05) is 30.6 Å². The Kier molecular flexibility index (Phi) is 6.18. The molecule has 0 fully saturated rings. The predicted octanol–water partition coefficient (Wildman–Crippen LogP) is 3.75. The van der Waals surface area contributed by atoms with E-state index in [1.54, 1.807) is 43.1 Å². The lowest BCUT2D eigenvalue weighted by atomic mass is 10.2. The van der Waals surface area contributed by atoms with Gasteiger partial charge in [-0.05, 0) is 11.6 Å². The Labute approximate surface area is 169 Å². The maximum absolute atomic E-state index is 12.9. The summed E-state index contributed by atoms with van der Waals surface area (Å²) in [6.07, 6.45) is 0.821. The largest absolute Gasteiger partial charge is 0.471 e. The van der Waals surface area contributed by atoms with Gasteiger partial charge in [0.1, 0.15) is 5.82 Å². The molecule has 1 N–H and O–H groups in total. The van der Waals surface area contributed by atoms with E-state index in [0.717, 1.165) is 0 Å². The Morgan fingerprint density at radius 3 is 2.63 bits per heavy atom. The fourth-order valence-electron chi connectivity index (χ4n) is 2.45. The summed E-state index contributed by atoms with van der Waals surface area (Å²) in [5, 5.41) is 7.83. The van der Waals surface area contributed by atoms with Crippen LogP contribution in [-0.2, 0) is 11.3 Å². The molecule has 3 heterocycles. The summed E-state index contributed by atoms with van der Waals surface area (Å²) < 4.78 is 56.4. The number of anilines is 1. The molecule has 3 aromatic rings. The Morgan fingerprint density at radius 2 is 2.00 bits per heavy atom. The number of nitrogens with zero attached hydrogens (tertiary/aromatic N) is 4. The zero-order chi connectivity index (χ0) is 21.9. The van der Waals surface area contributed by atoms with Crippen LogP contribution in [0.2, 0.25) is 0 Å². The number of aromatic nitrogens is 4. The zero-order valence-electron chi connectivity index (χ0n) is 16.2. The van der Waals surface area contributed by atoms with Crippen LogP contribution in [0.1, 0.15) is 19.4 Å². The summed E-state index contributed by atoms with van der Waals surface area (Å²) in [6.45, 7) is 2.38. The van der Waals surface area contributed by atoms with Gasteiger partial charge in [0.25, 0.3) is 0 Å². The molecule has 0 radical (unpaired) electrons. The number of fused-ring (bicyclic) bond motifs is 1. The van der Waals surface area contributed by atoms with Gasteiger partial charge < -0.3 is 10.1 Å². The zero-order valence-corrected chi connectivity index (χ0v) is 16.2. The summed E-state index contributed by atoms with van der Waals surface area (Å²) >= 11 is 0. The van der Waals surface area contributed by atoms with Crippen molar-refractivity contribution < 1.29 is 27.1 Å². The van der Waals surface area contributed by atoms with E-state index in [1.807, 2.05) is 0 Å². The van der Waals surface area contributed by atoms with Crippen molar-refractivity contribution in [2.24, 2.45) is 5.92 Å². The molecular formula is C19H19F4N5O2. The molecule has 0 bridgehead atoms. The summed E-state index contributed by atoms with van der Waals surface area (Å²) in [7, 11) is 0. The van der Waals surface area contributed by atoms with Gasteiger partial charge in [0.15, 0.2) is 6.61 Å². The predicted molar refractivity (Wildman–Crippen MR) is 101 cm³/mol. The minimum atomic E-state index is -4.24. The number of pyridine rings is 2. The molecule has 0 aromatic carbocycles. The van der Waals surface area contributed by atoms with Gasteiger partial charge in [-0.2, -0.15) is 13.9 Å². The normalized spacial score (nSPS) is 12.0. The molecule has 30 heavy (non-hydrogen) atoms. The molecule has 0 unspecified atom stereocenters. The molecule has 160 valence electrons. The quantitative estimate of drug-likeness (QED) is 0.556. The number of alkyl halides is 4. The summed E-state index contributed by atoms with van der Waals surface area (Å²) in [5.41, 5.74) is 1.31. The highest BCUT2D eigenvalue weighted by atomic mass is 19.3. The van der Waals surface area contributed by atoms with Crippen LogP contribution in [0.4, 0.5) is 23.4 Å². The third-order valence-electron chi connectivity index (χ3n) is 4.12. The highest BCUT2D eigenvalue weighted by molar-refractivity contribution is 5.99. The van der Waals surface area contributed by atoms with Crippen LogP contribution in [0.25, 0.3) is 10.9 Å². The molecule has 0 aliphatic rings. The summed E-state index contributed by atoms with van der Waals surface area (Å²) in [4.78, 5) is 20.0. The van der Waals surface area contributed by atoms with E-state index in [4.69, 9.17) is 0 Å². The molecule has 0 aliphatic heterocycles. The van der Waals surface area contributed by atoms with Gasteiger partial charge in [0.05, 0.1) is 17.4 Å².